The number of hydrogen-bond donors (Lipinski definition) is 1. The SMILES string of the molecule is CC(C)(C)OC(=O)N1CCc2cc(CO)cc(F)c2C1. The third-order valence-corrected chi connectivity index (χ3v) is 3.18. The first-order valence-electron chi connectivity index (χ1n) is 6.69. The summed E-state index contributed by atoms with van der Waals surface area (Å²) in [6.07, 6.45) is 0.146. The molecule has 0 unspecified atom stereocenters. The third kappa shape index (κ3) is 3.28. The fraction of sp³-hybridized carbons (Fsp3) is 0.533. The summed E-state index contributed by atoms with van der Waals surface area (Å²) < 4.78 is 19.3. The molecule has 0 atom stereocenters. The minimum Gasteiger partial charge on any atom is -0.444 e. The molecule has 0 aliphatic carbocycles. The van der Waals surface area contributed by atoms with Gasteiger partial charge in [-0.3, -0.25) is 0 Å². The quantitative estimate of drug-likeness (QED) is 0.861. The number of carbonyl (C=O) groups excluding carboxylic acids is 1. The van der Waals surface area contributed by atoms with Crippen molar-refractivity contribution < 1.29 is 19.0 Å². The summed E-state index contributed by atoms with van der Waals surface area (Å²) in [4.78, 5) is 13.5. The molecule has 0 spiro atoms. The van der Waals surface area contributed by atoms with Crippen LogP contribution >= 0.6 is 0 Å². The van der Waals surface area contributed by atoms with E-state index >= 15 is 0 Å². The van der Waals surface area contributed by atoms with Gasteiger partial charge < -0.3 is 14.7 Å². The van der Waals surface area contributed by atoms with E-state index in [2.05, 4.69) is 0 Å². The molecular weight excluding hydrogens is 261 g/mol. The van der Waals surface area contributed by atoms with Crippen LogP contribution in [0.1, 0.15) is 37.5 Å². The summed E-state index contributed by atoms with van der Waals surface area (Å²) in [5.74, 6) is -0.375. The van der Waals surface area contributed by atoms with E-state index in [-0.39, 0.29) is 19.0 Å². The van der Waals surface area contributed by atoms with E-state index in [9.17, 15) is 9.18 Å². The van der Waals surface area contributed by atoms with E-state index < -0.39 is 11.7 Å². The van der Waals surface area contributed by atoms with Gasteiger partial charge in [0.25, 0.3) is 0 Å². The molecule has 5 heteroatoms. The van der Waals surface area contributed by atoms with Gasteiger partial charge in [-0.15, -0.1) is 0 Å². The van der Waals surface area contributed by atoms with Crippen molar-refractivity contribution in [3.8, 4) is 0 Å². The number of rotatable bonds is 1. The van der Waals surface area contributed by atoms with Crippen LogP contribution in [0.25, 0.3) is 0 Å². The van der Waals surface area contributed by atoms with Gasteiger partial charge in [0.05, 0.1) is 13.2 Å². The van der Waals surface area contributed by atoms with Crippen molar-refractivity contribution in [2.24, 2.45) is 0 Å². The normalized spacial score (nSPS) is 14.9. The molecule has 1 aromatic carbocycles. The zero-order valence-corrected chi connectivity index (χ0v) is 12.1. The molecular formula is C15H20FNO3. The van der Waals surface area contributed by atoms with Crippen LogP contribution in [0, 0.1) is 5.82 Å². The Morgan fingerprint density at radius 1 is 1.45 bits per heavy atom. The van der Waals surface area contributed by atoms with E-state index in [4.69, 9.17) is 9.84 Å². The number of ether oxygens (including phenoxy) is 1. The minimum absolute atomic E-state index is 0.181. The van der Waals surface area contributed by atoms with Crippen LogP contribution in [0.15, 0.2) is 12.1 Å². The molecule has 1 heterocycles. The lowest BCUT2D eigenvalue weighted by atomic mass is 9.97. The Kier molecular flexibility index (Phi) is 3.99. The van der Waals surface area contributed by atoms with Crippen molar-refractivity contribution in [2.75, 3.05) is 6.54 Å². The standard InChI is InChI=1S/C15H20FNO3/c1-15(2,3)20-14(19)17-5-4-11-6-10(9-18)7-13(16)12(11)8-17/h6-7,18H,4-5,8-9H2,1-3H3. The second kappa shape index (κ2) is 5.40. The van der Waals surface area contributed by atoms with Gasteiger partial charge in [0.1, 0.15) is 11.4 Å². The minimum atomic E-state index is -0.559. The Bertz CT molecular complexity index is 523. The first-order chi connectivity index (χ1) is 9.30. The van der Waals surface area contributed by atoms with Crippen molar-refractivity contribution in [1.29, 1.82) is 0 Å². The Balaban J connectivity index is 2.17. The topological polar surface area (TPSA) is 49.8 Å². The van der Waals surface area contributed by atoms with E-state index in [0.29, 0.717) is 24.1 Å². The van der Waals surface area contributed by atoms with Gasteiger partial charge in [0.15, 0.2) is 0 Å². The zero-order valence-electron chi connectivity index (χ0n) is 12.1. The number of carbonyl (C=O) groups is 1. The van der Waals surface area contributed by atoms with E-state index in [1.54, 1.807) is 26.8 Å². The van der Waals surface area contributed by atoms with E-state index in [1.807, 2.05) is 0 Å². The molecule has 0 fully saturated rings. The Morgan fingerprint density at radius 2 is 2.15 bits per heavy atom. The van der Waals surface area contributed by atoms with Crippen molar-refractivity contribution in [3.63, 3.8) is 0 Å². The van der Waals surface area contributed by atoms with Gasteiger partial charge in [-0.1, -0.05) is 6.07 Å². The molecule has 110 valence electrons. The van der Waals surface area contributed by atoms with Gasteiger partial charge in [-0.05, 0) is 44.4 Å². The summed E-state index contributed by atoms with van der Waals surface area (Å²) in [5, 5.41) is 9.08. The van der Waals surface area contributed by atoms with Gasteiger partial charge >= 0.3 is 6.09 Å². The molecule has 20 heavy (non-hydrogen) atoms. The Labute approximate surface area is 118 Å². The average molecular weight is 281 g/mol. The molecule has 0 bridgehead atoms. The second-order valence-electron chi connectivity index (χ2n) is 6.03. The highest BCUT2D eigenvalue weighted by molar-refractivity contribution is 5.68. The summed E-state index contributed by atoms with van der Waals surface area (Å²) >= 11 is 0. The summed E-state index contributed by atoms with van der Waals surface area (Å²) in [5.41, 5.74) is 1.37. The van der Waals surface area contributed by atoms with Gasteiger partial charge in [0, 0.05) is 12.1 Å². The lowest BCUT2D eigenvalue weighted by molar-refractivity contribution is 0.0221. The lowest BCUT2D eigenvalue weighted by Crippen LogP contribution is -2.40. The van der Waals surface area contributed by atoms with Gasteiger partial charge in [-0.25, -0.2) is 9.18 Å². The first kappa shape index (κ1) is 14.8. The predicted octanol–water partition coefficient (Wildman–Crippen LogP) is 2.61. The van der Waals surface area contributed by atoms with Crippen LogP contribution in [-0.2, 0) is 24.3 Å². The fourth-order valence-electron chi connectivity index (χ4n) is 2.25. The molecule has 1 N–H and O–H groups in total. The highest BCUT2D eigenvalue weighted by atomic mass is 19.1. The van der Waals surface area contributed by atoms with Crippen LogP contribution in [-0.4, -0.2) is 28.2 Å². The van der Waals surface area contributed by atoms with E-state index in [1.165, 1.54) is 11.0 Å². The molecule has 0 saturated heterocycles. The van der Waals surface area contributed by atoms with Crippen LogP contribution in [0.5, 0.6) is 0 Å². The Morgan fingerprint density at radius 3 is 2.75 bits per heavy atom. The largest absolute Gasteiger partial charge is 0.444 e. The third-order valence-electron chi connectivity index (χ3n) is 3.18. The van der Waals surface area contributed by atoms with Crippen molar-refractivity contribution in [3.05, 3.63) is 34.6 Å². The molecule has 2 rings (SSSR count). The van der Waals surface area contributed by atoms with Crippen molar-refractivity contribution in [2.45, 2.75) is 45.9 Å². The lowest BCUT2D eigenvalue weighted by Gasteiger charge is -2.31. The number of benzene rings is 1. The second-order valence-corrected chi connectivity index (χ2v) is 6.03. The maximum Gasteiger partial charge on any atom is 0.410 e. The molecule has 0 aromatic heterocycles. The summed E-state index contributed by atoms with van der Waals surface area (Å²) in [6, 6.07) is 3.11. The van der Waals surface area contributed by atoms with Crippen molar-refractivity contribution in [1.82, 2.24) is 4.90 Å². The number of fused-ring (bicyclic) bond motifs is 1. The first-order valence-corrected chi connectivity index (χ1v) is 6.69. The van der Waals surface area contributed by atoms with Crippen LogP contribution in [0.4, 0.5) is 9.18 Å². The molecule has 1 aliphatic rings. The zero-order chi connectivity index (χ0) is 14.9. The molecule has 1 aliphatic heterocycles. The van der Waals surface area contributed by atoms with Crippen molar-refractivity contribution >= 4 is 6.09 Å². The number of aliphatic hydroxyl groups excluding tert-OH is 1. The van der Waals surface area contributed by atoms with Gasteiger partial charge in [-0.2, -0.15) is 0 Å². The molecule has 1 amide bonds. The Hall–Kier alpha value is -1.62. The van der Waals surface area contributed by atoms with Crippen LogP contribution < -0.4 is 0 Å². The number of hydrogen-bond acceptors (Lipinski definition) is 3. The maximum absolute atomic E-state index is 14.0. The number of halogens is 1. The fourth-order valence-corrected chi connectivity index (χ4v) is 2.25. The molecule has 1 aromatic rings. The smallest absolute Gasteiger partial charge is 0.410 e. The molecule has 0 saturated carbocycles. The van der Waals surface area contributed by atoms with Gasteiger partial charge in [0.2, 0.25) is 0 Å². The monoisotopic (exact) mass is 281 g/mol. The molecule has 4 nitrogen and oxygen atoms in total. The number of nitrogens with zero attached hydrogens (tertiary/aromatic N) is 1. The highest BCUT2D eigenvalue weighted by Gasteiger charge is 2.27. The molecule has 0 radical (unpaired) electrons. The predicted molar refractivity (Wildman–Crippen MR) is 72.7 cm³/mol. The number of amides is 1. The summed E-state index contributed by atoms with van der Waals surface area (Å²) in [6.45, 7) is 5.93. The maximum atomic E-state index is 14.0. The van der Waals surface area contributed by atoms with Crippen LogP contribution in [0.3, 0.4) is 0 Å². The average Bonchev–Trinajstić information content (AvgIpc) is 2.36. The van der Waals surface area contributed by atoms with E-state index in [0.717, 1.165) is 5.56 Å². The van der Waals surface area contributed by atoms with Crippen LogP contribution in [0.2, 0.25) is 0 Å². The highest BCUT2D eigenvalue weighted by Crippen LogP contribution is 2.25. The number of aliphatic hydroxyl groups is 1. The summed E-state index contributed by atoms with van der Waals surface area (Å²) in [7, 11) is 0.